The lowest BCUT2D eigenvalue weighted by molar-refractivity contribution is 0.0958. The van der Waals surface area contributed by atoms with Crippen LogP contribution in [0.4, 0.5) is 5.82 Å². The summed E-state index contributed by atoms with van der Waals surface area (Å²) in [6.07, 6.45) is 10.6. The van der Waals surface area contributed by atoms with Crippen LogP contribution in [0.5, 0.6) is 0 Å². The zero-order valence-corrected chi connectivity index (χ0v) is 11.9. The van der Waals surface area contributed by atoms with Crippen LogP contribution in [-0.4, -0.2) is 29.5 Å². The smallest absolute Gasteiger partial charge is 0.273 e. The van der Waals surface area contributed by atoms with E-state index in [0.29, 0.717) is 11.5 Å². The number of carbonyl (C=O) groups excluding carboxylic acids is 1. The lowest BCUT2D eigenvalue weighted by atomic mass is 10.1. The Kier molecular flexibility index (Phi) is 7.54. The van der Waals surface area contributed by atoms with Crippen LogP contribution in [0, 0.1) is 0 Å². The first-order chi connectivity index (χ1) is 9.29. The van der Waals surface area contributed by atoms with Gasteiger partial charge in [-0.25, -0.2) is 9.97 Å². The number of rotatable bonds is 9. The Morgan fingerprint density at radius 2 is 1.79 bits per heavy atom. The number of anilines is 1. The largest absolute Gasteiger partial charge is 0.368 e. The minimum Gasteiger partial charge on any atom is -0.368 e. The second-order valence-corrected chi connectivity index (χ2v) is 4.53. The molecule has 0 bridgehead atoms. The molecule has 0 spiro atoms. The Bertz CT molecular complexity index is 381. The van der Waals surface area contributed by atoms with Gasteiger partial charge in [-0.2, -0.15) is 0 Å². The SMILES string of the molecule is CCCCCCCCNc1nccnc1C(=O)NC. The average molecular weight is 264 g/mol. The molecule has 106 valence electrons. The van der Waals surface area contributed by atoms with Gasteiger partial charge >= 0.3 is 0 Å². The highest BCUT2D eigenvalue weighted by molar-refractivity contribution is 5.96. The predicted octanol–water partition coefficient (Wildman–Crippen LogP) is 2.61. The first-order valence-corrected chi connectivity index (χ1v) is 7.06. The van der Waals surface area contributed by atoms with Crippen LogP contribution in [0.3, 0.4) is 0 Å². The number of amides is 1. The van der Waals surface area contributed by atoms with Crippen LogP contribution in [0.2, 0.25) is 0 Å². The molecule has 1 aromatic heterocycles. The van der Waals surface area contributed by atoms with Gasteiger partial charge in [-0.1, -0.05) is 39.0 Å². The maximum Gasteiger partial charge on any atom is 0.273 e. The molecule has 0 atom stereocenters. The molecular formula is C14H24N4O. The van der Waals surface area contributed by atoms with E-state index in [-0.39, 0.29) is 5.91 Å². The van der Waals surface area contributed by atoms with Crippen molar-refractivity contribution in [2.24, 2.45) is 0 Å². The molecule has 0 aliphatic carbocycles. The average Bonchev–Trinajstić information content (AvgIpc) is 2.46. The third kappa shape index (κ3) is 5.68. The molecule has 1 rings (SSSR count). The van der Waals surface area contributed by atoms with Crippen LogP contribution in [0.25, 0.3) is 0 Å². The van der Waals surface area contributed by atoms with E-state index < -0.39 is 0 Å². The van der Waals surface area contributed by atoms with E-state index in [1.165, 1.54) is 38.3 Å². The zero-order valence-electron chi connectivity index (χ0n) is 11.9. The van der Waals surface area contributed by atoms with Crippen molar-refractivity contribution in [3.63, 3.8) is 0 Å². The van der Waals surface area contributed by atoms with Gasteiger partial charge in [-0.3, -0.25) is 4.79 Å². The Balaban J connectivity index is 2.31. The zero-order chi connectivity index (χ0) is 13.9. The molecule has 0 aliphatic rings. The lowest BCUT2D eigenvalue weighted by Crippen LogP contribution is -2.22. The first kappa shape index (κ1) is 15.4. The van der Waals surface area contributed by atoms with E-state index in [1.807, 2.05) is 0 Å². The summed E-state index contributed by atoms with van der Waals surface area (Å²) < 4.78 is 0. The van der Waals surface area contributed by atoms with Crippen molar-refractivity contribution in [3.05, 3.63) is 18.1 Å². The lowest BCUT2D eigenvalue weighted by Gasteiger charge is -2.08. The van der Waals surface area contributed by atoms with E-state index in [4.69, 9.17) is 0 Å². The van der Waals surface area contributed by atoms with Crippen molar-refractivity contribution in [1.82, 2.24) is 15.3 Å². The molecular weight excluding hydrogens is 240 g/mol. The quantitative estimate of drug-likeness (QED) is 0.673. The number of hydrogen-bond donors (Lipinski definition) is 2. The second kappa shape index (κ2) is 9.30. The van der Waals surface area contributed by atoms with Gasteiger partial charge in [0.1, 0.15) is 0 Å². The Hall–Kier alpha value is -1.65. The maximum atomic E-state index is 11.6. The van der Waals surface area contributed by atoms with Crippen LogP contribution in [0.1, 0.15) is 55.9 Å². The van der Waals surface area contributed by atoms with Crippen LogP contribution in [-0.2, 0) is 0 Å². The summed E-state index contributed by atoms with van der Waals surface area (Å²) in [6, 6.07) is 0. The summed E-state index contributed by atoms with van der Waals surface area (Å²) >= 11 is 0. The molecule has 0 saturated carbocycles. The predicted molar refractivity (Wildman–Crippen MR) is 77.3 cm³/mol. The molecule has 0 aliphatic heterocycles. The molecule has 5 heteroatoms. The molecule has 0 aromatic carbocycles. The van der Waals surface area contributed by atoms with Crippen molar-refractivity contribution in [2.45, 2.75) is 45.4 Å². The standard InChI is InChI=1S/C14H24N4O/c1-3-4-5-6-7-8-9-17-13-12(14(19)15-2)16-10-11-18-13/h10-11H,3-9H2,1-2H3,(H,15,19)(H,17,18). The number of aromatic nitrogens is 2. The van der Waals surface area contributed by atoms with Gasteiger partial charge in [0.2, 0.25) is 0 Å². The second-order valence-electron chi connectivity index (χ2n) is 4.53. The van der Waals surface area contributed by atoms with Crippen molar-refractivity contribution in [3.8, 4) is 0 Å². The highest BCUT2D eigenvalue weighted by Crippen LogP contribution is 2.09. The topological polar surface area (TPSA) is 66.9 Å². The third-order valence-corrected chi connectivity index (χ3v) is 2.96. The summed E-state index contributed by atoms with van der Waals surface area (Å²) in [6.45, 7) is 3.05. The van der Waals surface area contributed by atoms with Crippen LogP contribution >= 0.6 is 0 Å². The number of nitrogens with zero attached hydrogens (tertiary/aromatic N) is 2. The van der Waals surface area contributed by atoms with Crippen LogP contribution < -0.4 is 10.6 Å². The summed E-state index contributed by atoms with van der Waals surface area (Å²) in [4.78, 5) is 19.8. The van der Waals surface area contributed by atoms with Gasteiger partial charge in [-0.15, -0.1) is 0 Å². The van der Waals surface area contributed by atoms with E-state index in [1.54, 1.807) is 13.2 Å². The van der Waals surface area contributed by atoms with Crippen LogP contribution in [0.15, 0.2) is 12.4 Å². The highest BCUT2D eigenvalue weighted by Gasteiger charge is 2.11. The van der Waals surface area contributed by atoms with E-state index in [9.17, 15) is 4.79 Å². The number of carbonyl (C=O) groups is 1. The molecule has 2 N–H and O–H groups in total. The molecule has 1 aromatic rings. The van der Waals surface area contributed by atoms with Crippen molar-refractivity contribution >= 4 is 11.7 Å². The first-order valence-electron chi connectivity index (χ1n) is 7.06. The van der Waals surface area contributed by atoms with Gasteiger partial charge in [0.15, 0.2) is 11.5 Å². The van der Waals surface area contributed by atoms with Gasteiger partial charge in [-0.05, 0) is 6.42 Å². The summed E-state index contributed by atoms with van der Waals surface area (Å²) in [5.74, 6) is 0.356. The fourth-order valence-electron chi connectivity index (χ4n) is 1.86. The highest BCUT2D eigenvalue weighted by atomic mass is 16.1. The van der Waals surface area contributed by atoms with Gasteiger partial charge in [0.05, 0.1) is 0 Å². The molecule has 0 unspecified atom stereocenters. The fraction of sp³-hybridized carbons (Fsp3) is 0.643. The molecule has 0 radical (unpaired) electrons. The molecule has 0 fully saturated rings. The molecule has 1 amide bonds. The minimum atomic E-state index is -0.210. The van der Waals surface area contributed by atoms with Crippen molar-refractivity contribution in [1.29, 1.82) is 0 Å². The number of nitrogens with one attached hydrogen (secondary N) is 2. The van der Waals surface area contributed by atoms with Crippen molar-refractivity contribution < 1.29 is 4.79 Å². The molecule has 0 saturated heterocycles. The molecule has 19 heavy (non-hydrogen) atoms. The summed E-state index contributed by atoms with van der Waals surface area (Å²) in [7, 11) is 1.59. The normalized spacial score (nSPS) is 10.2. The maximum absolute atomic E-state index is 11.6. The van der Waals surface area contributed by atoms with E-state index >= 15 is 0 Å². The Morgan fingerprint density at radius 3 is 2.53 bits per heavy atom. The number of hydrogen-bond acceptors (Lipinski definition) is 4. The van der Waals surface area contributed by atoms with E-state index in [0.717, 1.165) is 13.0 Å². The minimum absolute atomic E-state index is 0.210. The Labute approximate surface area is 115 Å². The number of unbranched alkanes of at least 4 members (excludes halogenated alkanes) is 5. The molecule has 5 nitrogen and oxygen atoms in total. The summed E-state index contributed by atoms with van der Waals surface area (Å²) in [5.41, 5.74) is 0.357. The summed E-state index contributed by atoms with van der Waals surface area (Å²) in [5, 5.41) is 5.75. The van der Waals surface area contributed by atoms with Crippen molar-refractivity contribution in [2.75, 3.05) is 18.9 Å². The van der Waals surface area contributed by atoms with Gasteiger partial charge in [0.25, 0.3) is 5.91 Å². The van der Waals surface area contributed by atoms with Gasteiger partial charge < -0.3 is 10.6 Å². The molecule has 1 heterocycles. The third-order valence-electron chi connectivity index (χ3n) is 2.96. The van der Waals surface area contributed by atoms with Gasteiger partial charge in [0, 0.05) is 26.0 Å². The van der Waals surface area contributed by atoms with E-state index in [2.05, 4.69) is 27.5 Å². The Morgan fingerprint density at radius 1 is 1.11 bits per heavy atom. The fourth-order valence-corrected chi connectivity index (χ4v) is 1.86. The monoisotopic (exact) mass is 264 g/mol.